The lowest BCUT2D eigenvalue weighted by Crippen LogP contribution is -2.14. The van der Waals surface area contributed by atoms with E-state index in [1.165, 1.54) is 7.11 Å². The summed E-state index contributed by atoms with van der Waals surface area (Å²) in [7, 11) is -2.14. The van der Waals surface area contributed by atoms with Crippen LogP contribution in [0.2, 0.25) is 0 Å². The molecule has 0 saturated heterocycles. The van der Waals surface area contributed by atoms with Crippen molar-refractivity contribution < 1.29 is 17.9 Å². The van der Waals surface area contributed by atoms with Gasteiger partial charge in [-0.2, -0.15) is 0 Å². The zero-order chi connectivity index (χ0) is 13.8. The largest absolute Gasteiger partial charge is 0.469 e. The van der Waals surface area contributed by atoms with E-state index in [9.17, 15) is 13.2 Å². The van der Waals surface area contributed by atoms with Crippen molar-refractivity contribution in [1.29, 1.82) is 0 Å². The minimum Gasteiger partial charge on any atom is -0.469 e. The lowest BCUT2D eigenvalue weighted by molar-refractivity contribution is -0.140. The fourth-order valence-corrected chi connectivity index (χ4v) is 3.29. The second-order valence-corrected chi connectivity index (χ2v) is 6.72. The van der Waals surface area contributed by atoms with E-state index in [1.807, 2.05) is 0 Å². The van der Waals surface area contributed by atoms with Crippen molar-refractivity contribution >= 4 is 37.4 Å². The summed E-state index contributed by atoms with van der Waals surface area (Å²) in [6.45, 7) is 0. The van der Waals surface area contributed by atoms with E-state index in [0.717, 1.165) is 0 Å². The van der Waals surface area contributed by atoms with Crippen molar-refractivity contribution in [3.8, 4) is 0 Å². The van der Waals surface area contributed by atoms with Gasteiger partial charge in [-0.25, -0.2) is 8.42 Å². The number of ether oxygens (including phenoxy) is 1. The number of hydrogen-bond acceptors (Lipinski definition) is 5. The Kier molecular flexibility index (Phi) is 5.15. The molecule has 5 nitrogen and oxygen atoms in total. The van der Waals surface area contributed by atoms with Crippen LogP contribution in [0, 0.1) is 0 Å². The lowest BCUT2D eigenvalue weighted by Gasteiger charge is -2.07. The molecule has 0 radical (unpaired) electrons. The summed E-state index contributed by atoms with van der Waals surface area (Å²) in [6, 6.07) is 5.04. The predicted octanol–water partition coefficient (Wildman–Crippen LogP) is 1.51. The van der Waals surface area contributed by atoms with Crippen molar-refractivity contribution in [3.63, 3.8) is 0 Å². The van der Waals surface area contributed by atoms with Gasteiger partial charge in [-0.1, -0.05) is 12.1 Å². The molecule has 0 atom stereocenters. The number of carbonyl (C=O) groups excluding carboxylic acids is 1. The summed E-state index contributed by atoms with van der Waals surface area (Å²) in [5, 5.41) is 0. The van der Waals surface area contributed by atoms with E-state index in [-0.39, 0.29) is 17.9 Å². The van der Waals surface area contributed by atoms with E-state index in [4.69, 9.17) is 5.73 Å². The van der Waals surface area contributed by atoms with Gasteiger partial charge in [0.2, 0.25) is 0 Å². The summed E-state index contributed by atoms with van der Waals surface area (Å²) in [4.78, 5) is 10.9. The SMILES string of the molecule is COC(=O)CCS(=O)(=O)Cc1cccc(N)c1Br. The number of benzene rings is 1. The number of anilines is 1. The molecule has 0 amide bonds. The summed E-state index contributed by atoms with van der Waals surface area (Å²) in [5.74, 6) is -0.929. The average Bonchev–Trinajstić information content (AvgIpc) is 2.32. The second-order valence-electron chi connectivity index (χ2n) is 3.74. The minimum atomic E-state index is -3.37. The highest BCUT2D eigenvalue weighted by atomic mass is 79.9. The maximum atomic E-state index is 11.8. The molecule has 0 fully saturated rings. The maximum Gasteiger partial charge on any atom is 0.306 e. The molecular weight excluding hydrogens is 322 g/mol. The summed E-state index contributed by atoms with van der Waals surface area (Å²) < 4.78 is 28.6. The van der Waals surface area contributed by atoms with E-state index < -0.39 is 15.8 Å². The Labute approximate surface area is 114 Å². The third kappa shape index (κ3) is 4.30. The molecule has 7 heteroatoms. The molecule has 0 bridgehead atoms. The van der Waals surface area contributed by atoms with Crippen molar-refractivity contribution in [2.24, 2.45) is 0 Å². The van der Waals surface area contributed by atoms with Crippen LogP contribution in [-0.2, 0) is 25.1 Å². The Bertz CT molecular complexity index is 542. The molecule has 0 unspecified atom stereocenters. The number of halogens is 1. The van der Waals surface area contributed by atoms with Gasteiger partial charge in [0.1, 0.15) is 0 Å². The number of hydrogen-bond donors (Lipinski definition) is 1. The zero-order valence-electron chi connectivity index (χ0n) is 9.85. The molecule has 0 heterocycles. The molecule has 1 aromatic rings. The first-order valence-electron chi connectivity index (χ1n) is 5.16. The van der Waals surface area contributed by atoms with Crippen LogP contribution in [0.4, 0.5) is 5.69 Å². The van der Waals surface area contributed by atoms with Gasteiger partial charge >= 0.3 is 5.97 Å². The van der Waals surface area contributed by atoms with Crippen molar-refractivity contribution in [2.45, 2.75) is 12.2 Å². The van der Waals surface area contributed by atoms with Crippen LogP contribution in [0.3, 0.4) is 0 Å². The first-order valence-corrected chi connectivity index (χ1v) is 7.77. The minimum absolute atomic E-state index is 0.140. The van der Waals surface area contributed by atoms with Gasteiger partial charge in [-0.3, -0.25) is 4.79 Å². The first kappa shape index (κ1) is 15.0. The van der Waals surface area contributed by atoms with Crippen molar-refractivity contribution in [2.75, 3.05) is 18.6 Å². The van der Waals surface area contributed by atoms with Gasteiger partial charge in [0, 0.05) is 10.2 Å². The van der Waals surface area contributed by atoms with Crippen LogP contribution in [0.15, 0.2) is 22.7 Å². The fourth-order valence-electron chi connectivity index (χ4n) is 1.36. The lowest BCUT2D eigenvalue weighted by atomic mass is 10.2. The highest BCUT2D eigenvalue weighted by Crippen LogP contribution is 2.25. The average molecular weight is 336 g/mol. The highest BCUT2D eigenvalue weighted by molar-refractivity contribution is 9.10. The van der Waals surface area contributed by atoms with Gasteiger partial charge in [-0.05, 0) is 27.6 Å². The first-order chi connectivity index (χ1) is 8.35. The van der Waals surface area contributed by atoms with Gasteiger partial charge in [0.15, 0.2) is 9.84 Å². The fraction of sp³-hybridized carbons (Fsp3) is 0.364. The van der Waals surface area contributed by atoms with Gasteiger partial charge < -0.3 is 10.5 Å². The van der Waals surface area contributed by atoms with Crippen LogP contribution in [0.5, 0.6) is 0 Å². The molecule has 0 aliphatic rings. The molecule has 0 saturated carbocycles. The van der Waals surface area contributed by atoms with E-state index >= 15 is 0 Å². The molecule has 1 rings (SSSR count). The smallest absolute Gasteiger partial charge is 0.306 e. The van der Waals surface area contributed by atoms with Crippen LogP contribution < -0.4 is 5.73 Å². The van der Waals surface area contributed by atoms with Crippen LogP contribution in [0.25, 0.3) is 0 Å². The number of nitrogens with two attached hydrogens (primary N) is 1. The molecule has 100 valence electrons. The summed E-state index contributed by atoms with van der Waals surface area (Å²) in [6.07, 6.45) is -0.140. The highest BCUT2D eigenvalue weighted by Gasteiger charge is 2.17. The molecule has 0 spiro atoms. The van der Waals surface area contributed by atoms with Crippen LogP contribution in [0.1, 0.15) is 12.0 Å². The number of methoxy groups -OCH3 is 1. The Morgan fingerprint density at radius 3 is 2.72 bits per heavy atom. The normalized spacial score (nSPS) is 11.2. The Balaban J connectivity index is 2.77. The standard InChI is InChI=1S/C11H14BrNO4S/c1-17-10(14)5-6-18(15,16)7-8-3-2-4-9(13)11(8)12/h2-4H,5-7,13H2,1H3. The predicted molar refractivity (Wildman–Crippen MR) is 72.7 cm³/mol. The molecular formula is C11H14BrNO4S. The molecule has 0 aromatic heterocycles. The van der Waals surface area contributed by atoms with E-state index in [0.29, 0.717) is 15.7 Å². The van der Waals surface area contributed by atoms with Crippen molar-refractivity contribution in [1.82, 2.24) is 0 Å². The van der Waals surface area contributed by atoms with E-state index in [2.05, 4.69) is 20.7 Å². The molecule has 18 heavy (non-hydrogen) atoms. The second kappa shape index (κ2) is 6.19. The topological polar surface area (TPSA) is 86.5 Å². The number of carbonyl (C=O) groups is 1. The molecule has 1 aromatic carbocycles. The van der Waals surface area contributed by atoms with Crippen LogP contribution in [-0.4, -0.2) is 27.2 Å². The van der Waals surface area contributed by atoms with E-state index in [1.54, 1.807) is 18.2 Å². The summed E-state index contributed by atoms with van der Waals surface area (Å²) >= 11 is 3.25. The van der Waals surface area contributed by atoms with Crippen LogP contribution >= 0.6 is 15.9 Å². The third-order valence-electron chi connectivity index (χ3n) is 2.33. The quantitative estimate of drug-likeness (QED) is 0.651. The zero-order valence-corrected chi connectivity index (χ0v) is 12.3. The number of rotatable bonds is 5. The van der Waals surface area contributed by atoms with Crippen molar-refractivity contribution in [3.05, 3.63) is 28.2 Å². The monoisotopic (exact) mass is 335 g/mol. The number of nitrogen functional groups attached to an aromatic ring is 1. The maximum absolute atomic E-state index is 11.8. The molecule has 0 aliphatic carbocycles. The van der Waals surface area contributed by atoms with Gasteiger partial charge in [0.05, 0.1) is 25.0 Å². The Hall–Kier alpha value is -1.08. The van der Waals surface area contributed by atoms with Gasteiger partial charge in [0.25, 0.3) is 0 Å². The van der Waals surface area contributed by atoms with Gasteiger partial charge in [-0.15, -0.1) is 0 Å². The Morgan fingerprint density at radius 1 is 1.44 bits per heavy atom. The third-order valence-corrected chi connectivity index (χ3v) is 4.87. The Morgan fingerprint density at radius 2 is 2.11 bits per heavy atom. The molecule has 0 aliphatic heterocycles. The number of esters is 1. The number of sulfone groups is 1. The summed E-state index contributed by atoms with van der Waals surface area (Å²) in [5.41, 5.74) is 6.73. The molecule has 2 N–H and O–H groups in total.